The Labute approximate surface area is 239 Å². The predicted octanol–water partition coefficient (Wildman–Crippen LogP) is 6.17. The van der Waals surface area contributed by atoms with Gasteiger partial charge in [0.15, 0.2) is 5.78 Å². The molecule has 2 aliphatic heterocycles. The quantitative estimate of drug-likeness (QED) is 0.190. The second kappa shape index (κ2) is 14.2. The van der Waals surface area contributed by atoms with Gasteiger partial charge in [0.1, 0.15) is 17.2 Å². The van der Waals surface area contributed by atoms with E-state index in [2.05, 4.69) is 16.7 Å². The van der Waals surface area contributed by atoms with Crippen molar-refractivity contribution in [1.82, 2.24) is 9.80 Å². The van der Waals surface area contributed by atoms with Gasteiger partial charge in [-0.1, -0.05) is 38.3 Å². The normalized spacial score (nSPS) is 17.5. The van der Waals surface area contributed by atoms with Crippen LogP contribution in [0.15, 0.2) is 24.3 Å². The Hall–Kier alpha value is -2.77. The van der Waals surface area contributed by atoms with Gasteiger partial charge in [0, 0.05) is 35.8 Å². The zero-order valence-electron chi connectivity index (χ0n) is 24.3. The number of ketones is 1. The van der Waals surface area contributed by atoms with Crippen LogP contribution in [0.1, 0.15) is 87.1 Å². The summed E-state index contributed by atoms with van der Waals surface area (Å²) in [4.78, 5) is 18.7. The van der Waals surface area contributed by atoms with Crippen molar-refractivity contribution in [2.75, 3.05) is 64.8 Å². The number of carbonyl (C=O) groups excluding carboxylic acids is 1. The van der Waals surface area contributed by atoms with E-state index < -0.39 is 0 Å². The molecular weight excluding hydrogens is 502 g/mol. The number of fused-ring (bicyclic) bond motifs is 3. The van der Waals surface area contributed by atoms with E-state index >= 15 is 0 Å². The molecule has 2 saturated heterocycles. The van der Waals surface area contributed by atoms with Crippen LogP contribution >= 0.6 is 0 Å². The highest BCUT2D eigenvalue weighted by molar-refractivity contribution is 6.26. The zero-order valence-corrected chi connectivity index (χ0v) is 24.3. The zero-order chi connectivity index (χ0) is 27.7. The molecule has 0 amide bonds. The van der Waals surface area contributed by atoms with Crippen LogP contribution in [0, 0.1) is 0 Å². The van der Waals surface area contributed by atoms with Crippen LogP contribution in [0.3, 0.4) is 0 Å². The summed E-state index contributed by atoms with van der Waals surface area (Å²) in [5.74, 6) is 1.83. The van der Waals surface area contributed by atoms with E-state index in [0.29, 0.717) is 48.1 Å². The summed E-state index contributed by atoms with van der Waals surface area (Å²) in [6.45, 7) is 10.7. The van der Waals surface area contributed by atoms with E-state index in [1.165, 1.54) is 64.7 Å². The Morgan fingerprint density at radius 1 is 0.700 bits per heavy atom. The van der Waals surface area contributed by atoms with E-state index in [-0.39, 0.29) is 5.78 Å². The maximum atomic E-state index is 13.7. The van der Waals surface area contributed by atoms with Crippen LogP contribution in [-0.2, 0) is 0 Å². The van der Waals surface area contributed by atoms with Gasteiger partial charge < -0.3 is 29.7 Å². The van der Waals surface area contributed by atoms with E-state index in [1.807, 2.05) is 24.3 Å². The lowest BCUT2D eigenvalue weighted by Gasteiger charge is -2.26. The van der Waals surface area contributed by atoms with Crippen molar-refractivity contribution in [3.05, 3.63) is 35.4 Å². The van der Waals surface area contributed by atoms with Crippen molar-refractivity contribution >= 4 is 11.5 Å². The standard InChI is InChI=1S/C33H47N3O4/c1-2-3-21-39-27-24-28(40-23-12-20-36-17-8-5-9-18-36)32(34)31-30(27)29-25(33(31)37)13-10-14-26(29)38-22-11-19-35-15-6-4-7-16-35/h10,13-14,24H,2-9,11-12,15-23,34H2,1H3. The highest BCUT2D eigenvalue weighted by Crippen LogP contribution is 2.52. The topological polar surface area (TPSA) is 77.3 Å². The van der Waals surface area contributed by atoms with Gasteiger partial charge in [-0.05, 0) is 77.2 Å². The molecule has 2 N–H and O–H groups in total. The van der Waals surface area contributed by atoms with Gasteiger partial charge in [-0.15, -0.1) is 0 Å². The molecule has 2 fully saturated rings. The number of likely N-dealkylation sites (tertiary alicyclic amines) is 2. The van der Waals surface area contributed by atoms with Crippen molar-refractivity contribution in [2.45, 2.75) is 71.1 Å². The molecule has 2 aromatic rings. The molecule has 2 aromatic carbocycles. The summed E-state index contributed by atoms with van der Waals surface area (Å²) in [7, 11) is 0. The molecule has 7 nitrogen and oxygen atoms in total. The third kappa shape index (κ3) is 6.74. The minimum atomic E-state index is -0.0830. The molecule has 0 bridgehead atoms. The van der Waals surface area contributed by atoms with Crippen molar-refractivity contribution in [3.8, 4) is 28.4 Å². The summed E-state index contributed by atoms with van der Waals surface area (Å²) in [5.41, 5.74) is 9.71. The lowest BCUT2D eigenvalue weighted by Crippen LogP contribution is -2.31. The fourth-order valence-electron chi connectivity index (χ4n) is 6.23. The first-order valence-corrected chi connectivity index (χ1v) is 15.6. The maximum Gasteiger partial charge on any atom is 0.196 e. The van der Waals surface area contributed by atoms with Crippen molar-refractivity contribution < 1.29 is 19.0 Å². The van der Waals surface area contributed by atoms with E-state index in [0.717, 1.165) is 55.6 Å². The molecule has 3 aliphatic rings. The first-order chi connectivity index (χ1) is 19.7. The highest BCUT2D eigenvalue weighted by Gasteiger charge is 2.36. The first kappa shape index (κ1) is 28.7. The van der Waals surface area contributed by atoms with Crippen molar-refractivity contribution in [1.29, 1.82) is 0 Å². The van der Waals surface area contributed by atoms with Gasteiger partial charge in [-0.2, -0.15) is 0 Å². The average molecular weight is 550 g/mol. The summed E-state index contributed by atoms with van der Waals surface area (Å²) in [6.07, 6.45) is 11.7. The molecule has 1 aliphatic carbocycles. The molecule has 2 heterocycles. The average Bonchev–Trinajstić information content (AvgIpc) is 3.30. The molecule has 0 saturated carbocycles. The largest absolute Gasteiger partial charge is 0.493 e. The fourth-order valence-corrected chi connectivity index (χ4v) is 6.23. The minimum Gasteiger partial charge on any atom is -0.493 e. The van der Waals surface area contributed by atoms with Crippen molar-refractivity contribution in [2.24, 2.45) is 0 Å². The van der Waals surface area contributed by atoms with Gasteiger partial charge in [0.05, 0.1) is 31.1 Å². The number of anilines is 1. The number of nitrogens with zero attached hydrogens (tertiary/aromatic N) is 2. The SMILES string of the molecule is CCCCOc1cc(OCCCN2CCCCC2)c(N)c2c1-c1c(OCCCN3CCCCC3)cccc1C2=O. The molecule has 0 radical (unpaired) electrons. The number of nitrogens with two attached hydrogens (primary N) is 1. The maximum absolute atomic E-state index is 13.7. The number of nitrogen functional groups attached to an aromatic ring is 1. The van der Waals surface area contributed by atoms with Crippen LogP contribution in [0.2, 0.25) is 0 Å². The number of ether oxygens (including phenoxy) is 3. The van der Waals surface area contributed by atoms with Crippen LogP contribution in [0.5, 0.6) is 17.2 Å². The van der Waals surface area contributed by atoms with E-state index in [4.69, 9.17) is 19.9 Å². The molecule has 7 heteroatoms. The number of hydrogen-bond donors (Lipinski definition) is 1. The Bertz CT molecular complexity index is 1140. The number of benzene rings is 2. The van der Waals surface area contributed by atoms with Crippen LogP contribution in [-0.4, -0.2) is 74.7 Å². The summed E-state index contributed by atoms with van der Waals surface area (Å²) < 4.78 is 18.8. The van der Waals surface area contributed by atoms with Gasteiger partial charge in [0.2, 0.25) is 0 Å². The third-order valence-electron chi connectivity index (χ3n) is 8.45. The second-order valence-corrected chi connectivity index (χ2v) is 11.5. The number of rotatable bonds is 14. The number of carbonyl (C=O) groups is 1. The monoisotopic (exact) mass is 549 g/mol. The Kier molecular flexibility index (Phi) is 10.2. The first-order valence-electron chi connectivity index (χ1n) is 15.6. The van der Waals surface area contributed by atoms with Gasteiger partial charge in [-0.3, -0.25) is 4.79 Å². The molecule has 5 rings (SSSR count). The number of piperidine rings is 2. The van der Waals surface area contributed by atoms with Crippen LogP contribution in [0.25, 0.3) is 11.1 Å². The Balaban J connectivity index is 1.33. The minimum absolute atomic E-state index is 0.0830. The Morgan fingerprint density at radius 2 is 1.27 bits per heavy atom. The molecule has 0 aromatic heterocycles. The van der Waals surface area contributed by atoms with Crippen LogP contribution in [0.4, 0.5) is 5.69 Å². The van der Waals surface area contributed by atoms with Crippen LogP contribution < -0.4 is 19.9 Å². The van der Waals surface area contributed by atoms with Gasteiger partial charge in [-0.25, -0.2) is 0 Å². The molecular formula is C33H47N3O4. The molecule has 0 unspecified atom stereocenters. The van der Waals surface area contributed by atoms with E-state index in [1.54, 1.807) is 0 Å². The number of hydrogen-bond acceptors (Lipinski definition) is 7. The molecule has 0 spiro atoms. The summed E-state index contributed by atoms with van der Waals surface area (Å²) >= 11 is 0. The lowest BCUT2D eigenvalue weighted by molar-refractivity contribution is 0.104. The smallest absolute Gasteiger partial charge is 0.196 e. The lowest BCUT2D eigenvalue weighted by atomic mass is 10.0. The third-order valence-corrected chi connectivity index (χ3v) is 8.45. The fraction of sp³-hybridized carbons (Fsp3) is 0.606. The van der Waals surface area contributed by atoms with Crippen molar-refractivity contribution in [3.63, 3.8) is 0 Å². The highest BCUT2D eigenvalue weighted by atomic mass is 16.5. The van der Waals surface area contributed by atoms with E-state index in [9.17, 15) is 4.79 Å². The molecule has 40 heavy (non-hydrogen) atoms. The summed E-state index contributed by atoms with van der Waals surface area (Å²) in [5, 5.41) is 0. The van der Waals surface area contributed by atoms with Gasteiger partial charge in [0.25, 0.3) is 0 Å². The summed E-state index contributed by atoms with van der Waals surface area (Å²) in [6, 6.07) is 7.61. The Morgan fingerprint density at radius 3 is 1.90 bits per heavy atom. The molecule has 0 atom stereocenters. The molecule has 218 valence electrons. The van der Waals surface area contributed by atoms with Gasteiger partial charge >= 0.3 is 0 Å². The predicted molar refractivity (Wildman–Crippen MR) is 161 cm³/mol. The second-order valence-electron chi connectivity index (χ2n) is 11.5. The number of unbranched alkanes of at least 4 members (excludes halogenated alkanes) is 1.